The number of aliphatic hydroxyl groups is 1. The predicted octanol–water partition coefficient (Wildman–Crippen LogP) is 0.977. The molecule has 1 aliphatic heterocycles. The van der Waals surface area contributed by atoms with Crippen LogP contribution in [0.4, 0.5) is 5.69 Å². The van der Waals surface area contributed by atoms with Crippen molar-refractivity contribution in [2.24, 2.45) is 0 Å². The van der Waals surface area contributed by atoms with Crippen molar-refractivity contribution in [3.8, 4) is 0 Å². The van der Waals surface area contributed by atoms with E-state index in [1.807, 2.05) is 13.8 Å². The predicted molar refractivity (Wildman–Crippen MR) is 74.2 cm³/mol. The maximum atomic E-state index is 12.3. The molecule has 106 valence electrons. The minimum absolute atomic E-state index is 0.154. The zero-order valence-electron chi connectivity index (χ0n) is 11.3. The van der Waals surface area contributed by atoms with Gasteiger partial charge in [-0.15, -0.1) is 0 Å². The van der Waals surface area contributed by atoms with Crippen LogP contribution in [0, 0.1) is 0 Å². The van der Waals surface area contributed by atoms with Gasteiger partial charge in [0, 0.05) is 18.8 Å². The van der Waals surface area contributed by atoms with Gasteiger partial charge in [-0.25, -0.2) is 8.42 Å². The van der Waals surface area contributed by atoms with E-state index in [0.29, 0.717) is 12.1 Å². The summed E-state index contributed by atoms with van der Waals surface area (Å²) in [6.45, 7) is 4.12. The Morgan fingerprint density at radius 1 is 1.37 bits per heavy atom. The maximum Gasteiger partial charge on any atom is 0.243 e. The molecule has 0 spiro atoms. The average Bonchev–Trinajstić information content (AvgIpc) is 2.34. The summed E-state index contributed by atoms with van der Waals surface area (Å²) in [6, 6.07) is 4.82. The van der Waals surface area contributed by atoms with Gasteiger partial charge in [-0.05, 0) is 30.5 Å². The number of benzene rings is 1. The van der Waals surface area contributed by atoms with Crippen molar-refractivity contribution >= 4 is 15.7 Å². The lowest BCUT2D eigenvalue weighted by Crippen LogP contribution is -2.62. The van der Waals surface area contributed by atoms with E-state index >= 15 is 0 Å². The number of nitrogens with zero attached hydrogens (tertiary/aromatic N) is 1. The van der Waals surface area contributed by atoms with E-state index in [9.17, 15) is 13.5 Å². The molecule has 0 bridgehead atoms. The summed E-state index contributed by atoms with van der Waals surface area (Å²) >= 11 is 0. The fourth-order valence-electron chi connectivity index (χ4n) is 2.21. The van der Waals surface area contributed by atoms with Gasteiger partial charge in [-0.1, -0.05) is 19.9 Å². The van der Waals surface area contributed by atoms with E-state index in [1.165, 1.54) is 10.4 Å². The Kier molecular flexibility index (Phi) is 3.59. The third-order valence-electron chi connectivity index (χ3n) is 3.74. The zero-order valence-corrected chi connectivity index (χ0v) is 12.1. The van der Waals surface area contributed by atoms with Gasteiger partial charge in [0.15, 0.2) is 0 Å². The van der Waals surface area contributed by atoms with Crippen LogP contribution in [-0.2, 0) is 16.4 Å². The first kappa shape index (κ1) is 14.3. The number of sulfonamides is 1. The summed E-state index contributed by atoms with van der Waals surface area (Å²) in [6.07, 6.45) is 1.32. The summed E-state index contributed by atoms with van der Waals surface area (Å²) in [5, 5.41) is 9.91. The van der Waals surface area contributed by atoms with Crippen LogP contribution in [0.2, 0.25) is 0 Å². The smallest absolute Gasteiger partial charge is 0.243 e. The molecule has 0 radical (unpaired) electrons. The number of β-amino-alcohol motifs (C(OH)–C–C–N with tert-alkyl or cyclic N) is 1. The van der Waals surface area contributed by atoms with Gasteiger partial charge in [0.25, 0.3) is 0 Å². The van der Waals surface area contributed by atoms with Crippen LogP contribution in [0.3, 0.4) is 0 Å². The first-order chi connectivity index (χ1) is 8.82. The summed E-state index contributed by atoms with van der Waals surface area (Å²) < 4.78 is 25.9. The Hall–Kier alpha value is -1.11. The number of nitrogen functional groups attached to an aromatic ring is 1. The molecule has 0 amide bonds. The molecule has 0 unspecified atom stereocenters. The zero-order chi connectivity index (χ0) is 14.3. The Balaban J connectivity index is 2.24. The summed E-state index contributed by atoms with van der Waals surface area (Å²) in [7, 11) is -3.54. The minimum atomic E-state index is -3.54. The summed E-state index contributed by atoms with van der Waals surface area (Å²) in [5.41, 5.74) is 6.40. The third-order valence-corrected chi connectivity index (χ3v) is 5.52. The Labute approximate surface area is 114 Å². The first-order valence-electron chi connectivity index (χ1n) is 6.43. The Bertz CT molecular complexity index is 578. The molecule has 6 heteroatoms. The summed E-state index contributed by atoms with van der Waals surface area (Å²) in [5.74, 6) is 0. The van der Waals surface area contributed by atoms with E-state index < -0.39 is 15.6 Å². The van der Waals surface area contributed by atoms with Gasteiger partial charge in [0.2, 0.25) is 10.0 Å². The van der Waals surface area contributed by atoms with Gasteiger partial charge in [-0.3, -0.25) is 0 Å². The number of rotatable bonds is 4. The number of aryl methyl sites for hydroxylation is 1. The first-order valence-corrected chi connectivity index (χ1v) is 7.87. The number of nitrogens with two attached hydrogens (primary N) is 1. The Morgan fingerprint density at radius 2 is 2.00 bits per heavy atom. The minimum Gasteiger partial charge on any atom is -0.398 e. The fourth-order valence-corrected chi connectivity index (χ4v) is 3.84. The van der Waals surface area contributed by atoms with Gasteiger partial charge in [0.05, 0.1) is 10.5 Å². The van der Waals surface area contributed by atoms with Crippen molar-refractivity contribution in [1.29, 1.82) is 0 Å². The monoisotopic (exact) mass is 284 g/mol. The van der Waals surface area contributed by atoms with Gasteiger partial charge in [0.1, 0.15) is 0 Å². The molecule has 1 aromatic carbocycles. The van der Waals surface area contributed by atoms with E-state index in [2.05, 4.69) is 0 Å². The highest BCUT2D eigenvalue weighted by Gasteiger charge is 2.45. The van der Waals surface area contributed by atoms with E-state index in [1.54, 1.807) is 12.1 Å². The quantitative estimate of drug-likeness (QED) is 0.807. The van der Waals surface area contributed by atoms with Crippen LogP contribution < -0.4 is 5.73 Å². The van der Waals surface area contributed by atoms with Gasteiger partial charge >= 0.3 is 0 Å². The second-order valence-corrected chi connectivity index (χ2v) is 7.00. The molecule has 1 fully saturated rings. The SMILES string of the molecule is CCc1ccc(S(=O)(=O)N2CC(O)(CC)C2)cc1N. The molecule has 3 N–H and O–H groups in total. The van der Waals surface area contributed by atoms with Crippen molar-refractivity contribution in [3.05, 3.63) is 23.8 Å². The molecule has 0 atom stereocenters. The summed E-state index contributed by atoms with van der Waals surface area (Å²) in [4.78, 5) is 0.195. The van der Waals surface area contributed by atoms with Gasteiger partial charge < -0.3 is 10.8 Å². The molecule has 0 saturated carbocycles. The highest BCUT2D eigenvalue weighted by Crippen LogP contribution is 2.31. The molecule has 19 heavy (non-hydrogen) atoms. The molecule has 1 aliphatic rings. The standard InChI is InChI=1S/C13H20N2O3S/c1-3-10-5-6-11(7-12(10)14)19(17,18)15-8-13(16,4-2)9-15/h5-7,16H,3-4,8-9,14H2,1-2H3. The van der Waals surface area contributed by atoms with Crippen molar-refractivity contribution < 1.29 is 13.5 Å². The number of hydrogen-bond donors (Lipinski definition) is 2. The number of anilines is 1. The van der Waals surface area contributed by atoms with Crippen molar-refractivity contribution in [3.63, 3.8) is 0 Å². The molecule has 2 rings (SSSR count). The van der Waals surface area contributed by atoms with Crippen LogP contribution in [0.25, 0.3) is 0 Å². The van der Waals surface area contributed by atoms with Gasteiger partial charge in [-0.2, -0.15) is 4.31 Å². The lowest BCUT2D eigenvalue weighted by molar-refractivity contribution is -0.0613. The normalized spacial score (nSPS) is 19.1. The highest BCUT2D eigenvalue weighted by atomic mass is 32.2. The fraction of sp³-hybridized carbons (Fsp3) is 0.538. The lowest BCUT2D eigenvalue weighted by atomic mass is 9.94. The topological polar surface area (TPSA) is 83.6 Å². The van der Waals surface area contributed by atoms with Crippen molar-refractivity contribution in [2.75, 3.05) is 18.8 Å². The molecule has 0 aliphatic carbocycles. The molecule has 5 nitrogen and oxygen atoms in total. The number of hydrogen-bond acceptors (Lipinski definition) is 4. The van der Waals surface area contributed by atoms with Crippen molar-refractivity contribution in [2.45, 2.75) is 37.2 Å². The lowest BCUT2D eigenvalue weighted by Gasteiger charge is -2.44. The highest BCUT2D eigenvalue weighted by molar-refractivity contribution is 7.89. The van der Waals surface area contributed by atoms with Crippen molar-refractivity contribution in [1.82, 2.24) is 4.31 Å². The molecule has 1 aromatic rings. The molecule has 0 aromatic heterocycles. The maximum absolute atomic E-state index is 12.3. The molecular weight excluding hydrogens is 264 g/mol. The third kappa shape index (κ3) is 2.48. The largest absolute Gasteiger partial charge is 0.398 e. The second-order valence-electron chi connectivity index (χ2n) is 5.07. The van der Waals surface area contributed by atoms with E-state index in [0.717, 1.165) is 12.0 Å². The van der Waals surface area contributed by atoms with Crippen LogP contribution >= 0.6 is 0 Å². The van der Waals surface area contributed by atoms with E-state index in [4.69, 9.17) is 5.73 Å². The van der Waals surface area contributed by atoms with Crippen LogP contribution in [0.1, 0.15) is 25.8 Å². The van der Waals surface area contributed by atoms with Crippen LogP contribution in [0.5, 0.6) is 0 Å². The second kappa shape index (κ2) is 4.77. The average molecular weight is 284 g/mol. The molecule has 1 heterocycles. The van der Waals surface area contributed by atoms with Crippen LogP contribution in [0.15, 0.2) is 23.1 Å². The van der Waals surface area contributed by atoms with E-state index in [-0.39, 0.29) is 18.0 Å². The molecule has 1 saturated heterocycles. The van der Waals surface area contributed by atoms with Crippen LogP contribution in [-0.4, -0.2) is 36.5 Å². The molecular formula is C13H20N2O3S. The Morgan fingerprint density at radius 3 is 2.47 bits per heavy atom.